The molecule has 4 aliphatic carbocycles. The van der Waals surface area contributed by atoms with Gasteiger partial charge in [0.25, 0.3) is 0 Å². The largest absolute Gasteiger partial charge is 0.393 e. The number of hydrogen-bond acceptors (Lipinski definition) is 1. The van der Waals surface area contributed by atoms with Gasteiger partial charge in [0.1, 0.15) is 0 Å². The van der Waals surface area contributed by atoms with Gasteiger partial charge in [-0.15, -0.1) is 0 Å². The Hall–Kier alpha value is -0.560. The van der Waals surface area contributed by atoms with Crippen molar-refractivity contribution >= 4 is 0 Å². The minimum Gasteiger partial charge on any atom is -0.393 e. The zero-order valence-electron chi connectivity index (χ0n) is 19.8. The maximum absolute atomic E-state index is 10.2. The minimum atomic E-state index is -0.0471. The summed E-state index contributed by atoms with van der Waals surface area (Å²) >= 11 is 0. The lowest BCUT2D eigenvalue weighted by atomic mass is 9.47. The fourth-order valence-corrected chi connectivity index (χ4v) is 8.37. The Morgan fingerprint density at radius 1 is 1.07 bits per heavy atom. The van der Waals surface area contributed by atoms with Crippen molar-refractivity contribution in [3.8, 4) is 0 Å². The van der Waals surface area contributed by atoms with Gasteiger partial charge in [0.2, 0.25) is 0 Å². The molecular formula is C28H46O. The normalized spacial score (nSPS) is 45.2. The molecule has 0 radical (unpaired) electrons. The van der Waals surface area contributed by atoms with Crippen LogP contribution < -0.4 is 0 Å². The second-order valence-corrected chi connectivity index (χ2v) is 12.2. The van der Waals surface area contributed by atoms with E-state index in [1.165, 1.54) is 56.9 Å². The van der Waals surface area contributed by atoms with Crippen molar-refractivity contribution in [2.75, 3.05) is 0 Å². The molecule has 3 fully saturated rings. The van der Waals surface area contributed by atoms with Crippen molar-refractivity contribution in [2.45, 2.75) is 105 Å². The standard InChI is InChI=1S/C28H46O/c1-18(2)19(3)7-8-20(4)24-11-12-25-23-10-9-21-17-22(29)13-15-27(21,5)26(23)14-16-28(24,25)6/h10,18,20-22,24-26,29H,3,7-9,11-17H2,1-2,4-6H3/t20?,21-,22-,24?,25?,26?,27?,28?/m0/s1. The molecule has 6 unspecified atom stereocenters. The van der Waals surface area contributed by atoms with Gasteiger partial charge in [-0.2, -0.15) is 0 Å². The van der Waals surface area contributed by atoms with Crippen molar-refractivity contribution in [3.05, 3.63) is 23.8 Å². The Morgan fingerprint density at radius 2 is 1.76 bits per heavy atom. The number of aliphatic hydroxyl groups is 1. The maximum Gasteiger partial charge on any atom is 0.0543 e. The van der Waals surface area contributed by atoms with Gasteiger partial charge in [0, 0.05) is 0 Å². The highest BCUT2D eigenvalue weighted by Crippen LogP contribution is 2.66. The van der Waals surface area contributed by atoms with E-state index in [9.17, 15) is 5.11 Å². The first kappa shape index (κ1) is 21.7. The van der Waals surface area contributed by atoms with Crippen molar-refractivity contribution in [1.29, 1.82) is 0 Å². The zero-order valence-corrected chi connectivity index (χ0v) is 19.8. The van der Waals surface area contributed by atoms with Gasteiger partial charge >= 0.3 is 0 Å². The molecule has 0 amide bonds. The van der Waals surface area contributed by atoms with Crippen LogP contribution in [0.1, 0.15) is 98.8 Å². The molecule has 4 aliphatic rings. The molecule has 0 aliphatic heterocycles. The highest BCUT2D eigenvalue weighted by molar-refractivity contribution is 5.27. The van der Waals surface area contributed by atoms with E-state index in [1.54, 1.807) is 0 Å². The highest BCUT2D eigenvalue weighted by atomic mass is 16.3. The van der Waals surface area contributed by atoms with E-state index >= 15 is 0 Å². The summed E-state index contributed by atoms with van der Waals surface area (Å²) in [5.41, 5.74) is 4.26. The number of rotatable bonds is 5. The third-order valence-corrected chi connectivity index (χ3v) is 10.5. The second-order valence-electron chi connectivity index (χ2n) is 12.2. The summed E-state index contributed by atoms with van der Waals surface area (Å²) in [6, 6.07) is 0. The predicted molar refractivity (Wildman–Crippen MR) is 124 cm³/mol. The molecule has 0 saturated heterocycles. The molecule has 1 nitrogen and oxygen atoms in total. The molecule has 3 saturated carbocycles. The van der Waals surface area contributed by atoms with Gasteiger partial charge in [-0.3, -0.25) is 0 Å². The van der Waals surface area contributed by atoms with E-state index in [0.29, 0.717) is 22.7 Å². The summed E-state index contributed by atoms with van der Waals surface area (Å²) in [7, 11) is 0. The lowest BCUT2D eigenvalue weighted by Crippen LogP contribution is -2.49. The SMILES string of the molecule is C=C(CCC(C)C1CCC2C3=CC[C@H]4C[C@@H](O)CCC4(C)C3CCC21C)C(C)C. The predicted octanol–water partition coefficient (Wildman–Crippen LogP) is 7.55. The van der Waals surface area contributed by atoms with Gasteiger partial charge in [0.05, 0.1) is 6.10 Å². The number of fused-ring (bicyclic) bond motifs is 5. The van der Waals surface area contributed by atoms with Crippen LogP contribution in [0.4, 0.5) is 0 Å². The van der Waals surface area contributed by atoms with Crippen LogP contribution >= 0.6 is 0 Å². The lowest BCUT2D eigenvalue weighted by Gasteiger charge is -2.57. The quantitative estimate of drug-likeness (QED) is 0.474. The van der Waals surface area contributed by atoms with E-state index in [2.05, 4.69) is 47.3 Å². The van der Waals surface area contributed by atoms with Crippen LogP contribution in [0.2, 0.25) is 0 Å². The molecule has 0 heterocycles. The van der Waals surface area contributed by atoms with Crippen LogP contribution in [-0.2, 0) is 0 Å². The molecule has 1 heteroatoms. The lowest BCUT2D eigenvalue weighted by molar-refractivity contribution is -0.0427. The summed E-state index contributed by atoms with van der Waals surface area (Å²) < 4.78 is 0. The van der Waals surface area contributed by atoms with E-state index in [-0.39, 0.29) is 6.10 Å². The summed E-state index contributed by atoms with van der Waals surface area (Å²) in [6.45, 7) is 16.7. The Kier molecular flexibility index (Phi) is 5.86. The highest BCUT2D eigenvalue weighted by Gasteiger charge is 2.58. The van der Waals surface area contributed by atoms with E-state index in [4.69, 9.17) is 0 Å². The van der Waals surface area contributed by atoms with Crippen LogP contribution in [0.25, 0.3) is 0 Å². The average molecular weight is 399 g/mol. The second kappa shape index (κ2) is 7.85. The molecule has 164 valence electrons. The number of aliphatic hydroxyl groups excluding tert-OH is 1. The molecular weight excluding hydrogens is 352 g/mol. The van der Waals surface area contributed by atoms with Crippen molar-refractivity contribution in [1.82, 2.24) is 0 Å². The van der Waals surface area contributed by atoms with Crippen molar-refractivity contribution < 1.29 is 5.11 Å². The average Bonchev–Trinajstić information content (AvgIpc) is 3.03. The van der Waals surface area contributed by atoms with Gasteiger partial charge in [0.15, 0.2) is 0 Å². The fourth-order valence-electron chi connectivity index (χ4n) is 8.37. The molecule has 8 atom stereocenters. The summed E-state index contributed by atoms with van der Waals surface area (Å²) in [5, 5.41) is 10.2. The molecule has 29 heavy (non-hydrogen) atoms. The summed E-state index contributed by atoms with van der Waals surface area (Å²) in [6.07, 6.45) is 15.3. The van der Waals surface area contributed by atoms with Crippen molar-refractivity contribution in [3.63, 3.8) is 0 Å². The Labute approximate surface area is 180 Å². The number of hydrogen-bond donors (Lipinski definition) is 1. The van der Waals surface area contributed by atoms with Crippen LogP contribution in [0, 0.1) is 46.3 Å². The van der Waals surface area contributed by atoms with E-state index in [0.717, 1.165) is 36.5 Å². The van der Waals surface area contributed by atoms with Gasteiger partial charge in [-0.25, -0.2) is 0 Å². The summed E-state index contributed by atoms with van der Waals surface area (Å²) in [4.78, 5) is 0. The van der Waals surface area contributed by atoms with Crippen LogP contribution in [0.3, 0.4) is 0 Å². The first-order valence-corrected chi connectivity index (χ1v) is 12.7. The van der Waals surface area contributed by atoms with Gasteiger partial charge in [-0.1, -0.05) is 58.4 Å². The molecule has 0 bridgehead atoms. The summed E-state index contributed by atoms with van der Waals surface area (Å²) in [5.74, 6) is 4.65. The van der Waals surface area contributed by atoms with Gasteiger partial charge < -0.3 is 5.11 Å². The van der Waals surface area contributed by atoms with Gasteiger partial charge in [-0.05, 0) is 111 Å². The monoisotopic (exact) mass is 398 g/mol. The number of allylic oxidation sites excluding steroid dienone is 3. The molecule has 1 N–H and O–H groups in total. The smallest absolute Gasteiger partial charge is 0.0543 e. The topological polar surface area (TPSA) is 20.2 Å². The van der Waals surface area contributed by atoms with Crippen LogP contribution in [0.15, 0.2) is 23.8 Å². The Bertz CT molecular complexity index is 659. The zero-order chi connectivity index (χ0) is 21.0. The maximum atomic E-state index is 10.2. The van der Waals surface area contributed by atoms with Crippen LogP contribution in [0.5, 0.6) is 0 Å². The Balaban J connectivity index is 1.50. The molecule has 4 rings (SSSR count). The first-order chi connectivity index (χ1) is 13.7. The Morgan fingerprint density at radius 3 is 2.48 bits per heavy atom. The van der Waals surface area contributed by atoms with E-state index < -0.39 is 0 Å². The minimum absolute atomic E-state index is 0.0471. The molecule has 0 aromatic rings. The third-order valence-electron chi connectivity index (χ3n) is 10.5. The molecule has 0 spiro atoms. The fraction of sp³-hybridized carbons (Fsp3) is 0.857. The van der Waals surface area contributed by atoms with Crippen LogP contribution in [-0.4, -0.2) is 11.2 Å². The molecule has 0 aromatic heterocycles. The van der Waals surface area contributed by atoms with E-state index in [1.807, 2.05) is 5.57 Å². The molecule has 0 aromatic carbocycles. The van der Waals surface area contributed by atoms with Crippen molar-refractivity contribution in [2.24, 2.45) is 46.3 Å². The third kappa shape index (κ3) is 3.58. The first-order valence-electron chi connectivity index (χ1n) is 12.7.